The summed E-state index contributed by atoms with van der Waals surface area (Å²) in [6.07, 6.45) is 4.01. The van der Waals surface area contributed by atoms with Crippen LogP contribution in [0.15, 0.2) is 24.3 Å². The molecule has 4 atom stereocenters. The SMILES string of the molecule is CCNC1CCC(CC2COc3ccccc32)C1C. The van der Waals surface area contributed by atoms with E-state index >= 15 is 0 Å². The molecule has 1 aliphatic carbocycles. The Morgan fingerprint density at radius 1 is 1.26 bits per heavy atom. The molecule has 0 spiro atoms. The Balaban J connectivity index is 1.64. The second-order valence-corrected chi connectivity index (χ2v) is 6.14. The molecule has 3 rings (SSSR count). The Morgan fingerprint density at radius 2 is 2.11 bits per heavy atom. The largest absolute Gasteiger partial charge is 0.493 e. The van der Waals surface area contributed by atoms with Crippen LogP contribution in [0.25, 0.3) is 0 Å². The van der Waals surface area contributed by atoms with Crippen molar-refractivity contribution in [3.05, 3.63) is 29.8 Å². The predicted octanol–water partition coefficient (Wildman–Crippen LogP) is 3.58. The smallest absolute Gasteiger partial charge is 0.122 e. The van der Waals surface area contributed by atoms with Crippen LogP contribution in [0, 0.1) is 11.8 Å². The van der Waals surface area contributed by atoms with Crippen LogP contribution in [0.5, 0.6) is 5.75 Å². The summed E-state index contributed by atoms with van der Waals surface area (Å²) in [7, 11) is 0. The van der Waals surface area contributed by atoms with Crippen LogP contribution >= 0.6 is 0 Å². The van der Waals surface area contributed by atoms with E-state index in [9.17, 15) is 0 Å². The van der Waals surface area contributed by atoms with Crippen LogP contribution < -0.4 is 10.1 Å². The topological polar surface area (TPSA) is 21.3 Å². The van der Waals surface area contributed by atoms with Gasteiger partial charge in [-0.05, 0) is 43.7 Å². The molecule has 2 nitrogen and oxygen atoms in total. The molecule has 1 aromatic rings. The molecule has 1 heterocycles. The molecule has 0 bridgehead atoms. The number of benzene rings is 1. The summed E-state index contributed by atoms with van der Waals surface area (Å²) >= 11 is 0. The van der Waals surface area contributed by atoms with Crippen molar-refractivity contribution in [1.29, 1.82) is 0 Å². The van der Waals surface area contributed by atoms with E-state index in [1.807, 2.05) is 0 Å². The quantitative estimate of drug-likeness (QED) is 0.892. The van der Waals surface area contributed by atoms with Crippen molar-refractivity contribution in [3.63, 3.8) is 0 Å². The Kier molecular flexibility index (Phi) is 3.79. The highest BCUT2D eigenvalue weighted by molar-refractivity contribution is 5.39. The highest BCUT2D eigenvalue weighted by Gasteiger charge is 2.35. The average Bonchev–Trinajstić information content (AvgIpc) is 2.98. The molecule has 1 saturated carbocycles. The zero-order chi connectivity index (χ0) is 13.2. The van der Waals surface area contributed by atoms with Crippen LogP contribution in [0.1, 0.15) is 44.6 Å². The molecule has 19 heavy (non-hydrogen) atoms. The maximum absolute atomic E-state index is 5.82. The number of ether oxygens (including phenoxy) is 1. The second kappa shape index (κ2) is 5.54. The molecule has 1 N–H and O–H groups in total. The van der Waals surface area contributed by atoms with E-state index in [0.29, 0.717) is 5.92 Å². The second-order valence-electron chi connectivity index (χ2n) is 6.14. The molecule has 0 aromatic heterocycles. The third-order valence-corrected chi connectivity index (χ3v) is 5.08. The molecule has 1 fully saturated rings. The van der Waals surface area contributed by atoms with Gasteiger partial charge in [0.2, 0.25) is 0 Å². The number of fused-ring (bicyclic) bond motifs is 1. The van der Waals surface area contributed by atoms with Gasteiger partial charge in [0.1, 0.15) is 5.75 Å². The normalized spacial score (nSPS) is 33.2. The van der Waals surface area contributed by atoms with Crippen LogP contribution in [0.2, 0.25) is 0 Å². The maximum atomic E-state index is 5.82. The summed E-state index contributed by atoms with van der Waals surface area (Å²) in [6.45, 7) is 6.61. The van der Waals surface area contributed by atoms with E-state index in [1.165, 1.54) is 24.8 Å². The van der Waals surface area contributed by atoms with Crippen molar-refractivity contribution in [2.75, 3.05) is 13.2 Å². The van der Waals surface area contributed by atoms with E-state index in [-0.39, 0.29) is 0 Å². The number of rotatable bonds is 4. The first kappa shape index (κ1) is 13.0. The fraction of sp³-hybridized carbons (Fsp3) is 0.647. The first-order valence-corrected chi connectivity index (χ1v) is 7.74. The van der Waals surface area contributed by atoms with Crippen molar-refractivity contribution in [2.45, 2.75) is 45.1 Å². The van der Waals surface area contributed by atoms with Crippen LogP contribution in [0.4, 0.5) is 0 Å². The lowest BCUT2D eigenvalue weighted by Gasteiger charge is -2.23. The van der Waals surface area contributed by atoms with Gasteiger partial charge in [0.05, 0.1) is 6.61 Å². The van der Waals surface area contributed by atoms with Crippen molar-refractivity contribution in [3.8, 4) is 5.75 Å². The predicted molar refractivity (Wildman–Crippen MR) is 78.6 cm³/mol. The van der Waals surface area contributed by atoms with Gasteiger partial charge in [0.15, 0.2) is 0 Å². The van der Waals surface area contributed by atoms with Gasteiger partial charge in [-0.25, -0.2) is 0 Å². The van der Waals surface area contributed by atoms with Crippen LogP contribution in [-0.4, -0.2) is 19.2 Å². The van der Waals surface area contributed by atoms with E-state index < -0.39 is 0 Å². The van der Waals surface area contributed by atoms with Gasteiger partial charge in [-0.3, -0.25) is 0 Å². The van der Waals surface area contributed by atoms with Gasteiger partial charge < -0.3 is 10.1 Å². The molecule has 1 aliphatic heterocycles. The highest BCUT2D eigenvalue weighted by atomic mass is 16.5. The lowest BCUT2D eigenvalue weighted by molar-refractivity contribution is 0.278. The van der Waals surface area contributed by atoms with Crippen molar-refractivity contribution < 1.29 is 4.74 Å². The molecule has 104 valence electrons. The summed E-state index contributed by atoms with van der Waals surface area (Å²) in [4.78, 5) is 0. The minimum atomic E-state index is 0.615. The van der Waals surface area contributed by atoms with E-state index in [2.05, 4.69) is 43.4 Å². The van der Waals surface area contributed by atoms with E-state index in [0.717, 1.165) is 36.8 Å². The zero-order valence-corrected chi connectivity index (χ0v) is 12.1. The lowest BCUT2D eigenvalue weighted by atomic mass is 9.84. The fourth-order valence-electron chi connectivity index (χ4n) is 3.92. The van der Waals surface area contributed by atoms with Gasteiger partial charge in [-0.15, -0.1) is 0 Å². The van der Waals surface area contributed by atoms with Gasteiger partial charge in [0.25, 0.3) is 0 Å². The molecular weight excluding hydrogens is 234 g/mol. The molecule has 0 radical (unpaired) electrons. The van der Waals surface area contributed by atoms with E-state index in [4.69, 9.17) is 4.74 Å². The number of hydrogen-bond donors (Lipinski definition) is 1. The number of hydrogen-bond acceptors (Lipinski definition) is 2. The monoisotopic (exact) mass is 259 g/mol. The van der Waals surface area contributed by atoms with Gasteiger partial charge in [-0.2, -0.15) is 0 Å². The van der Waals surface area contributed by atoms with Crippen LogP contribution in [0.3, 0.4) is 0 Å². The van der Waals surface area contributed by atoms with Gasteiger partial charge >= 0.3 is 0 Å². The van der Waals surface area contributed by atoms with Crippen molar-refractivity contribution in [1.82, 2.24) is 5.32 Å². The molecule has 2 aliphatic rings. The number of para-hydroxylation sites is 1. The van der Waals surface area contributed by atoms with Gasteiger partial charge in [0, 0.05) is 17.5 Å². The molecule has 4 unspecified atom stereocenters. The third-order valence-electron chi connectivity index (χ3n) is 5.08. The lowest BCUT2D eigenvalue weighted by Crippen LogP contribution is -2.32. The van der Waals surface area contributed by atoms with Crippen molar-refractivity contribution in [2.24, 2.45) is 11.8 Å². The Hall–Kier alpha value is -1.02. The fourth-order valence-corrected chi connectivity index (χ4v) is 3.92. The minimum Gasteiger partial charge on any atom is -0.493 e. The molecule has 0 amide bonds. The first-order chi connectivity index (χ1) is 9.29. The first-order valence-electron chi connectivity index (χ1n) is 7.74. The molecular formula is C17H25NO. The summed E-state index contributed by atoms with van der Waals surface area (Å²) in [5, 5.41) is 3.64. The Morgan fingerprint density at radius 3 is 2.95 bits per heavy atom. The van der Waals surface area contributed by atoms with E-state index in [1.54, 1.807) is 0 Å². The average molecular weight is 259 g/mol. The molecule has 1 aromatic carbocycles. The Bertz CT molecular complexity index is 431. The summed E-state index contributed by atoms with van der Waals surface area (Å²) in [5.41, 5.74) is 1.43. The van der Waals surface area contributed by atoms with Crippen LogP contribution in [-0.2, 0) is 0 Å². The summed E-state index contributed by atoms with van der Waals surface area (Å²) in [5.74, 6) is 3.38. The number of nitrogens with one attached hydrogen (secondary N) is 1. The Labute approximate surface area is 116 Å². The third kappa shape index (κ3) is 2.51. The maximum Gasteiger partial charge on any atom is 0.122 e. The highest BCUT2D eigenvalue weighted by Crippen LogP contribution is 2.43. The minimum absolute atomic E-state index is 0.615. The molecule has 0 saturated heterocycles. The molecule has 2 heteroatoms. The standard InChI is InChI=1S/C17H25NO/c1-3-18-16-9-8-13(12(16)2)10-14-11-19-17-7-5-4-6-15(14)17/h4-7,12-14,16,18H,3,8-11H2,1-2H3. The van der Waals surface area contributed by atoms with Crippen molar-refractivity contribution >= 4 is 0 Å². The van der Waals surface area contributed by atoms with Gasteiger partial charge in [-0.1, -0.05) is 32.0 Å². The zero-order valence-electron chi connectivity index (χ0n) is 12.1. The summed E-state index contributed by atoms with van der Waals surface area (Å²) < 4.78 is 5.82. The summed E-state index contributed by atoms with van der Waals surface area (Å²) in [6, 6.07) is 9.29.